The summed E-state index contributed by atoms with van der Waals surface area (Å²) in [6.07, 6.45) is 5.24. The van der Waals surface area contributed by atoms with Crippen molar-refractivity contribution in [2.75, 3.05) is 32.7 Å². The zero-order valence-corrected chi connectivity index (χ0v) is 10.8. The first-order chi connectivity index (χ1) is 6.36. The fourth-order valence-corrected chi connectivity index (χ4v) is 1.82. The van der Waals surface area contributed by atoms with Crippen LogP contribution in [0.4, 0.5) is 0 Å². The van der Waals surface area contributed by atoms with Gasteiger partial charge < -0.3 is 5.32 Å². The molecule has 1 saturated heterocycles. The van der Waals surface area contributed by atoms with Crippen LogP contribution in [0.1, 0.15) is 6.42 Å². The molecule has 1 N–H and O–H groups in total. The van der Waals surface area contributed by atoms with Crippen LogP contribution >= 0.6 is 24.8 Å². The molecule has 0 aromatic carbocycles. The minimum Gasteiger partial charge on any atom is -0.316 e. The lowest BCUT2D eigenvalue weighted by Gasteiger charge is -2.22. The van der Waals surface area contributed by atoms with Crippen molar-refractivity contribution in [2.24, 2.45) is 5.92 Å². The van der Waals surface area contributed by atoms with Gasteiger partial charge in [-0.1, -0.05) is 12.2 Å². The first-order valence-corrected chi connectivity index (χ1v) is 5.01. The van der Waals surface area contributed by atoms with Crippen LogP contribution < -0.4 is 5.32 Å². The van der Waals surface area contributed by atoms with Crippen LogP contribution in [0.2, 0.25) is 0 Å². The predicted octanol–water partition coefficient (Wildman–Crippen LogP) is 2.11. The number of hydrogen-bond donors (Lipinski definition) is 1. The van der Waals surface area contributed by atoms with E-state index in [4.69, 9.17) is 0 Å². The number of rotatable bonds is 6. The van der Waals surface area contributed by atoms with Crippen molar-refractivity contribution in [3.05, 3.63) is 25.3 Å². The molecule has 1 heterocycles. The summed E-state index contributed by atoms with van der Waals surface area (Å²) in [4.78, 5) is 2.39. The number of nitrogens with one attached hydrogen (secondary N) is 1. The van der Waals surface area contributed by atoms with Crippen molar-refractivity contribution in [3.8, 4) is 0 Å². The summed E-state index contributed by atoms with van der Waals surface area (Å²) in [7, 11) is 0. The lowest BCUT2D eigenvalue weighted by atomic mass is 10.1. The van der Waals surface area contributed by atoms with E-state index in [-0.39, 0.29) is 24.8 Å². The average Bonchev–Trinajstić information content (AvgIpc) is 2.58. The van der Waals surface area contributed by atoms with Crippen molar-refractivity contribution in [1.29, 1.82) is 0 Å². The Bertz CT molecular complexity index is 158. The fourth-order valence-electron chi connectivity index (χ4n) is 1.82. The lowest BCUT2D eigenvalue weighted by molar-refractivity contribution is 0.285. The summed E-state index contributed by atoms with van der Waals surface area (Å²) in [6.45, 7) is 13.0. The van der Waals surface area contributed by atoms with Gasteiger partial charge in [0.2, 0.25) is 0 Å². The van der Waals surface area contributed by atoms with E-state index in [1.54, 1.807) is 0 Å². The van der Waals surface area contributed by atoms with Gasteiger partial charge in [0, 0.05) is 19.6 Å². The van der Waals surface area contributed by atoms with Gasteiger partial charge in [-0.15, -0.1) is 38.0 Å². The first-order valence-electron chi connectivity index (χ1n) is 5.01. The van der Waals surface area contributed by atoms with Gasteiger partial charge in [-0.25, -0.2) is 0 Å². The summed E-state index contributed by atoms with van der Waals surface area (Å²) in [5, 5.41) is 3.38. The van der Waals surface area contributed by atoms with E-state index in [0.29, 0.717) is 0 Å². The molecule has 90 valence electrons. The molecule has 1 unspecified atom stereocenters. The zero-order valence-electron chi connectivity index (χ0n) is 9.15. The van der Waals surface area contributed by atoms with Crippen molar-refractivity contribution in [2.45, 2.75) is 6.42 Å². The van der Waals surface area contributed by atoms with Gasteiger partial charge in [0.25, 0.3) is 0 Å². The molecule has 0 aromatic rings. The highest BCUT2D eigenvalue weighted by Crippen LogP contribution is 2.09. The Labute approximate surface area is 106 Å². The molecule has 0 spiro atoms. The van der Waals surface area contributed by atoms with E-state index in [0.717, 1.165) is 19.0 Å². The van der Waals surface area contributed by atoms with Crippen molar-refractivity contribution < 1.29 is 0 Å². The first kappa shape index (κ1) is 17.4. The standard InChI is InChI=1S/C11H20N2.2ClH/c1-3-7-13(8-4-2)10-11-5-6-12-9-11;;/h3-4,11-12H,1-2,5-10H2;2*1H. The van der Waals surface area contributed by atoms with Crippen LogP contribution in [-0.4, -0.2) is 37.6 Å². The molecule has 1 rings (SSSR count). The van der Waals surface area contributed by atoms with E-state index in [1.165, 1.54) is 26.1 Å². The second kappa shape index (κ2) is 10.5. The summed E-state index contributed by atoms with van der Waals surface area (Å²) in [5.41, 5.74) is 0. The third-order valence-electron chi connectivity index (χ3n) is 2.45. The second-order valence-electron chi connectivity index (χ2n) is 3.65. The smallest absolute Gasteiger partial charge is 0.0164 e. The summed E-state index contributed by atoms with van der Waals surface area (Å²) >= 11 is 0. The second-order valence-corrected chi connectivity index (χ2v) is 3.65. The molecule has 2 nitrogen and oxygen atoms in total. The minimum atomic E-state index is 0. The normalized spacial score (nSPS) is 19.1. The van der Waals surface area contributed by atoms with Gasteiger partial charge in [-0.2, -0.15) is 0 Å². The molecular weight excluding hydrogens is 231 g/mol. The predicted molar refractivity (Wildman–Crippen MR) is 72.3 cm³/mol. The van der Waals surface area contributed by atoms with Crippen molar-refractivity contribution in [1.82, 2.24) is 10.2 Å². The van der Waals surface area contributed by atoms with E-state index in [1.807, 2.05) is 12.2 Å². The Balaban J connectivity index is 0. The van der Waals surface area contributed by atoms with E-state index in [9.17, 15) is 0 Å². The van der Waals surface area contributed by atoms with Gasteiger partial charge in [0.1, 0.15) is 0 Å². The topological polar surface area (TPSA) is 15.3 Å². The molecule has 1 aliphatic rings. The van der Waals surface area contributed by atoms with Crippen LogP contribution in [0.3, 0.4) is 0 Å². The van der Waals surface area contributed by atoms with Crippen molar-refractivity contribution in [3.63, 3.8) is 0 Å². The monoisotopic (exact) mass is 252 g/mol. The third-order valence-corrected chi connectivity index (χ3v) is 2.45. The molecule has 0 saturated carbocycles. The highest BCUT2D eigenvalue weighted by molar-refractivity contribution is 5.85. The van der Waals surface area contributed by atoms with Crippen molar-refractivity contribution >= 4 is 24.8 Å². The van der Waals surface area contributed by atoms with Gasteiger partial charge in [-0.3, -0.25) is 4.90 Å². The fraction of sp³-hybridized carbons (Fsp3) is 0.636. The summed E-state index contributed by atoms with van der Waals surface area (Å²) < 4.78 is 0. The van der Waals surface area contributed by atoms with Gasteiger partial charge in [-0.05, 0) is 25.4 Å². The maximum Gasteiger partial charge on any atom is 0.0164 e. The molecule has 0 bridgehead atoms. The molecule has 1 aliphatic heterocycles. The maximum absolute atomic E-state index is 3.77. The molecule has 0 radical (unpaired) electrons. The third kappa shape index (κ3) is 6.96. The molecule has 0 aliphatic carbocycles. The van der Waals surface area contributed by atoms with E-state index in [2.05, 4.69) is 23.4 Å². The van der Waals surface area contributed by atoms with Gasteiger partial charge in [0.15, 0.2) is 0 Å². The number of hydrogen-bond acceptors (Lipinski definition) is 2. The van der Waals surface area contributed by atoms with Crippen LogP contribution in [0.5, 0.6) is 0 Å². The largest absolute Gasteiger partial charge is 0.316 e. The molecular formula is C11H22Cl2N2. The maximum atomic E-state index is 3.77. The Morgan fingerprint density at radius 3 is 2.20 bits per heavy atom. The van der Waals surface area contributed by atoms with Gasteiger partial charge in [0.05, 0.1) is 0 Å². The Hall–Kier alpha value is -0.0200. The zero-order chi connectivity index (χ0) is 9.52. The quantitative estimate of drug-likeness (QED) is 0.729. The van der Waals surface area contributed by atoms with Crippen LogP contribution in [0.25, 0.3) is 0 Å². The Morgan fingerprint density at radius 2 is 1.80 bits per heavy atom. The molecule has 1 fully saturated rings. The molecule has 1 atom stereocenters. The Kier molecular flexibility index (Phi) is 12.2. The highest BCUT2D eigenvalue weighted by Gasteiger charge is 2.16. The van der Waals surface area contributed by atoms with Crippen LogP contribution in [0.15, 0.2) is 25.3 Å². The number of halogens is 2. The van der Waals surface area contributed by atoms with Crippen LogP contribution in [0, 0.1) is 5.92 Å². The van der Waals surface area contributed by atoms with E-state index >= 15 is 0 Å². The molecule has 0 amide bonds. The molecule has 15 heavy (non-hydrogen) atoms. The molecule has 4 heteroatoms. The number of nitrogens with zero attached hydrogens (tertiary/aromatic N) is 1. The minimum absolute atomic E-state index is 0. The van der Waals surface area contributed by atoms with E-state index < -0.39 is 0 Å². The molecule has 0 aromatic heterocycles. The SMILES string of the molecule is C=CCN(CC=C)CC1CCNC1.Cl.Cl. The van der Waals surface area contributed by atoms with Gasteiger partial charge >= 0.3 is 0 Å². The lowest BCUT2D eigenvalue weighted by Crippen LogP contribution is -2.30. The highest BCUT2D eigenvalue weighted by atomic mass is 35.5. The summed E-state index contributed by atoms with van der Waals surface area (Å²) in [5.74, 6) is 0.819. The van der Waals surface area contributed by atoms with Crippen LogP contribution in [-0.2, 0) is 0 Å². The average molecular weight is 253 g/mol. The Morgan fingerprint density at radius 1 is 1.20 bits per heavy atom. The summed E-state index contributed by atoms with van der Waals surface area (Å²) in [6, 6.07) is 0.